The number of fused-ring (bicyclic) bond motifs is 4. The lowest BCUT2D eigenvalue weighted by Gasteiger charge is -2.47. The van der Waals surface area contributed by atoms with Crippen molar-refractivity contribution in [2.24, 2.45) is 29.6 Å². The highest BCUT2D eigenvalue weighted by molar-refractivity contribution is 6.39. The smallest absolute Gasteiger partial charge is 0.329 e. The van der Waals surface area contributed by atoms with Crippen LogP contribution in [0.5, 0.6) is 0 Å². The van der Waals surface area contributed by atoms with Crippen molar-refractivity contribution in [1.82, 2.24) is 9.88 Å². The number of Topliss-reactive ketones (excluding diaryl/α,β-unsaturated/α-hetero) is 2. The molecular formula is C53H77N3O11. The number of allylic oxidation sites excluding steroid dienone is 4. The molecule has 3 aliphatic heterocycles. The first-order valence-corrected chi connectivity index (χ1v) is 24.7. The van der Waals surface area contributed by atoms with Gasteiger partial charge in [0.05, 0.1) is 30.5 Å². The number of rotatable bonds is 10. The number of H-pyrrole nitrogens is 1. The van der Waals surface area contributed by atoms with E-state index in [-0.39, 0.29) is 55.6 Å². The van der Waals surface area contributed by atoms with Gasteiger partial charge in [-0.05, 0) is 127 Å². The Morgan fingerprint density at radius 1 is 1.00 bits per heavy atom. The molecule has 4 heterocycles. The van der Waals surface area contributed by atoms with E-state index in [0.717, 1.165) is 35.0 Å². The number of ether oxygens (including phenoxy) is 5. The molecule has 14 unspecified atom stereocenters. The summed E-state index contributed by atoms with van der Waals surface area (Å²) in [6.07, 6.45) is 8.50. The van der Waals surface area contributed by atoms with Crippen molar-refractivity contribution in [3.05, 3.63) is 66.4 Å². The number of cyclic esters (lactones) is 1. The molecule has 2 aromatic rings. The van der Waals surface area contributed by atoms with Gasteiger partial charge in [0.1, 0.15) is 24.0 Å². The Kier molecular flexibility index (Phi) is 18.2. The molecule has 1 aromatic heterocycles. The van der Waals surface area contributed by atoms with Gasteiger partial charge in [-0.2, -0.15) is 0 Å². The molecule has 67 heavy (non-hydrogen) atoms. The monoisotopic (exact) mass is 932 g/mol. The van der Waals surface area contributed by atoms with Gasteiger partial charge >= 0.3 is 5.97 Å². The maximum atomic E-state index is 14.6. The predicted octanol–water partition coefficient (Wildman–Crippen LogP) is 7.63. The molecule has 14 nitrogen and oxygen atoms in total. The van der Waals surface area contributed by atoms with Gasteiger partial charge in [0.25, 0.3) is 11.7 Å². The number of esters is 1. The van der Waals surface area contributed by atoms with Crippen LogP contribution < -0.4 is 5.32 Å². The van der Waals surface area contributed by atoms with Gasteiger partial charge in [-0.25, -0.2) is 4.79 Å². The number of aromatic amines is 1. The van der Waals surface area contributed by atoms with Gasteiger partial charge < -0.3 is 49.1 Å². The van der Waals surface area contributed by atoms with Crippen molar-refractivity contribution in [2.45, 2.75) is 167 Å². The van der Waals surface area contributed by atoms with E-state index >= 15 is 0 Å². The molecule has 14 atom stereocenters. The van der Waals surface area contributed by atoms with Crippen LogP contribution in [0.2, 0.25) is 0 Å². The van der Waals surface area contributed by atoms with Gasteiger partial charge in [-0.15, -0.1) is 6.58 Å². The molecule has 4 aliphatic rings. The fraction of sp³-hybridized carbons (Fsp3) is 0.660. The first kappa shape index (κ1) is 52.2. The third-order valence-electron chi connectivity index (χ3n) is 14.9. The number of hydrogen-bond acceptors (Lipinski definition) is 12. The average molecular weight is 932 g/mol. The lowest BCUT2D eigenvalue weighted by Crippen LogP contribution is -2.64. The summed E-state index contributed by atoms with van der Waals surface area (Å²) in [4.78, 5) is 62.0. The van der Waals surface area contributed by atoms with Gasteiger partial charge in [-0.1, -0.05) is 44.6 Å². The number of carbonyl (C=O) groups is 4. The summed E-state index contributed by atoms with van der Waals surface area (Å²) in [5.74, 6) is -7.64. The molecule has 4 N–H and O–H groups in total. The highest BCUT2D eigenvalue weighted by atomic mass is 16.7. The number of hydrogen-bond donors (Lipinski definition) is 4. The number of aromatic nitrogens is 1. The number of carbonyl (C=O) groups excluding carboxylic acids is 4. The van der Waals surface area contributed by atoms with E-state index in [1.807, 2.05) is 39.1 Å². The zero-order valence-corrected chi connectivity index (χ0v) is 41.0. The Hall–Kier alpha value is -4.18. The minimum atomic E-state index is -2.51. The zero-order chi connectivity index (χ0) is 48.6. The number of aliphatic hydroxyl groups is 2. The van der Waals surface area contributed by atoms with Crippen LogP contribution in [-0.4, -0.2) is 125 Å². The van der Waals surface area contributed by atoms with Crippen LogP contribution in [0, 0.1) is 29.6 Å². The second-order valence-electron chi connectivity index (χ2n) is 20.0. The lowest BCUT2D eigenvalue weighted by molar-refractivity contribution is -0.302. The number of nitrogens with zero attached hydrogens (tertiary/aromatic N) is 1. The Bertz CT molecular complexity index is 2100. The summed E-state index contributed by atoms with van der Waals surface area (Å²) < 4.78 is 30.9. The number of aliphatic hydroxyl groups excluding tert-OH is 1. The van der Waals surface area contributed by atoms with Crippen LogP contribution in [0.4, 0.5) is 5.69 Å². The van der Waals surface area contributed by atoms with Gasteiger partial charge in [0.2, 0.25) is 5.79 Å². The average Bonchev–Trinajstić information content (AvgIpc) is 3.78. The summed E-state index contributed by atoms with van der Waals surface area (Å²) in [5, 5.41) is 28.9. The fourth-order valence-electron chi connectivity index (χ4n) is 11.1. The number of ketones is 2. The summed E-state index contributed by atoms with van der Waals surface area (Å²) >= 11 is 0. The summed E-state index contributed by atoms with van der Waals surface area (Å²) in [7, 11) is 3.07. The Labute approximate surface area is 397 Å². The van der Waals surface area contributed by atoms with Crippen LogP contribution in [-0.2, 0) is 42.9 Å². The van der Waals surface area contributed by atoms with Crippen LogP contribution >= 0.6 is 0 Å². The Balaban J connectivity index is 1.32. The molecule has 0 spiro atoms. The molecule has 0 radical (unpaired) electrons. The van der Waals surface area contributed by atoms with Gasteiger partial charge in [-0.3, -0.25) is 14.4 Å². The van der Waals surface area contributed by atoms with Gasteiger partial charge in [0, 0.05) is 74.3 Å². The number of benzene rings is 1. The van der Waals surface area contributed by atoms with E-state index in [1.54, 1.807) is 19.9 Å². The molecule has 1 amide bonds. The number of anilines is 1. The predicted molar refractivity (Wildman–Crippen MR) is 257 cm³/mol. The van der Waals surface area contributed by atoms with Crippen molar-refractivity contribution < 1.29 is 53.1 Å². The Morgan fingerprint density at radius 2 is 1.75 bits per heavy atom. The summed E-state index contributed by atoms with van der Waals surface area (Å²) in [6, 6.07) is 7.23. The third kappa shape index (κ3) is 12.4. The quantitative estimate of drug-likeness (QED) is 0.104. The minimum absolute atomic E-state index is 0.00839. The molecular weight excluding hydrogens is 855 g/mol. The van der Waals surface area contributed by atoms with E-state index in [1.165, 1.54) is 19.1 Å². The normalized spacial score (nSPS) is 36.6. The second-order valence-corrected chi connectivity index (χ2v) is 20.0. The second kappa shape index (κ2) is 23.4. The summed E-state index contributed by atoms with van der Waals surface area (Å²) in [5.41, 5.74) is 3.76. The topological polar surface area (TPSA) is 186 Å². The van der Waals surface area contributed by atoms with Crippen molar-refractivity contribution >= 4 is 40.0 Å². The van der Waals surface area contributed by atoms with Crippen molar-refractivity contribution in [3.63, 3.8) is 0 Å². The van der Waals surface area contributed by atoms with E-state index in [4.69, 9.17) is 23.7 Å². The highest BCUT2D eigenvalue weighted by Crippen LogP contribution is 2.40. The number of amides is 1. The lowest BCUT2D eigenvalue weighted by atomic mass is 9.80. The van der Waals surface area contributed by atoms with Crippen molar-refractivity contribution in [2.75, 3.05) is 32.7 Å². The van der Waals surface area contributed by atoms with Crippen molar-refractivity contribution in [3.8, 4) is 0 Å². The van der Waals surface area contributed by atoms with E-state index in [9.17, 15) is 29.4 Å². The maximum absolute atomic E-state index is 14.6. The molecule has 1 aromatic carbocycles. The van der Waals surface area contributed by atoms with E-state index in [0.29, 0.717) is 50.7 Å². The van der Waals surface area contributed by atoms with Gasteiger partial charge in [0.15, 0.2) is 0 Å². The molecule has 14 heteroatoms. The number of methoxy groups -OCH3 is 2. The first-order chi connectivity index (χ1) is 32.0. The standard InChI is InChI=1S/C53H77N3O11/c1-10-14-38-24-31(3)23-32(4)25-46(63-8)49-47(64-9)27-34(6)53(62,67-49)50(59)51(60)56-22-13-12-15-42(56)52(61)66-48(35(7)43(57)30-44(38)58)33(5)26-36-16-18-41(45(28-36)65-11-2)55-39-17-19-40-37(29-39)20-21-54-40/h10,17,19-21,24,26,29,32,34-36,38,41-43,45-49,54-55,57,62H,1,11-16,18,22-23,25,27-28,30H2,2-9H3/b31-24+,33-26?. The largest absolute Gasteiger partial charge is 0.456 e. The van der Waals surface area contributed by atoms with Crippen LogP contribution in [0.25, 0.3) is 10.9 Å². The number of nitrogens with one attached hydrogen (secondary N) is 2. The van der Waals surface area contributed by atoms with Crippen LogP contribution in [0.1, 0.15) is 112 Å². The SMILES string of the molecule is C=CCC1/C=C(\C)CC(C)CC(OC)C2OC(O)(C(=O)C(=O)N3CCCCC3C(=O)OC(C(C)=CC3CCC(Nc4ccc5[nH]ccc5c4)C(OCC)C3)C(C)C(O)CC1=O)C(C)CC2OC. The molecule has 2 bridgehead atoms. The number of piperidine rings is 1. The molecule has 6 rings (SSSR count). The molecule has 1 saturated carbocycles. The van der Waals surface area contributed by atoms with E-state index in [2.05, 4.69) is 48.1 Å². The van der Waals surface area contributed by atoms with Crippen LogP contribution in [0.15, 0.2) is 66.4 Å². The Morgan fingerprint density at radius 3 is 2.46 bits per heavy atom. The third-order valence-corrected chi connectivity index (χ3v) is 14.9. The molecule has 3 fully saturated rings. The first-order valence-electron chi connectivity index (χ1n) is 24.7. The van der Waals surface area contributed by atoms with Crippen LogP contribution in [0.3, 0.4) is 0 Å². The fourth-order valence-corrected chi connectivity index (χ4v) is 11.1. The summed E-state index contributed by atoms with van der Waals surface area (Å²) in [6.45, 7) is 15.9. The minimum Gasteiger partial charge on any atom is -0.456 e. The van der Waals surface area contributed by atoms with Crippen molar-refractivity contribution in [1.29, 1.82) is 0 Å². The van der Waals surface area contributed by atoms with E-state index < -0.39 is 77.8 Å². The molecule has 370 valence electrons. The zero-order valence-electron chi connectivity index (χ0n) is 41.0. The molecule has 2 saturated heterocycles. The highest BCUT2D eigenvalue weighted by Gasteiger charge is 2.56. The molecule has 1 aliphatic carbocycles. The maximum Gasteiger partial charge on any atom is 0.329 e.